The van der Waals surface area contributed by atoms with E-state index in [0.29, 0.717) is 51.8 Å². The third kappa shape index (κ3) is 20.9. The summed E-state index contributed by atoms with van der Waals surface area (Å²) >= 11 is 0. The number of nitrogens with two attached hydrogens (primary N) is 1. The van der Waals surface area contributed by atoms with Gasteiger partial charge in [-0.2, -0.15) is 0 Å². The van der Waals surface area contributed by atoms with Gasteiger partial charge in [0.15, 0.2) is 0 Å². The first-order chi connectivity index (χ1) is 20.0. The third-order valence-electron chi connectivity index (χ3n) is 7.08. The van der Waals surface area contributed by atoms with Gasteiger partial charge in [-0.3, -0.25) is 0 Å². The average Bonchev–Trinajstić information content (AvgIpc) is 3.47. The molecule has 0 aromatic heterocycles. The van der Waals surface area contributed by atoms with Crippen LogP contribution in [-0.4, -0.2) is 85.2 Å². The van der Waals surface area contributed by atoms with Gasteiger partial charge >= 0.3 is 0 Å². The van der Waals surface area contributed by atoms with E-state index in [2.05, 4.69) is 18.8 Å². The second-order valence-electron chi connectivity index (χ2n) is 11.1. The largest absolute Gasteiger partial charge is 0.475 e. The van der Waals surface area contributed by atoms with Crippen molar-refractivity contribution in [2.75, 3.05) is 39.6 Å². The number of ether oxygens (including phenoxy) is 3. The molecule has 0 spiro atoms. The topological polar surface area (TPSA) is 127 Å². The number of nitrogens with zero attached hydrogens (tertiary/aromatic N) is 1. The predicted molar refractivity (Wildman–Crippen MR) is 167 cm³/mol. The zero-order chi connectivity index (χ0) is 30.0. The molecular formula is C33H60N2O6. The lowest BCUT2D eigenvalue weighted by Crippen LogP contribution is -2.30. The van der Waals surface area contributed by atoms with Gasteiger partial charge in [0, 0.05) is 18.8 Å². The summed E-state index contributed by atoms with van der Waals surface area (Å²) in [5.41, 5.74) is 6.49. The van der Waals surface area contributed by atoms with E-state index in [1.807, 2.05) is 30.3 Å². The van der Waals surface area contributed by atoms with E-state index in [0.717, 1.165) is 31.2 Å². The van der Waals surface area contributed by atoms with E-state index in [1.54, 1.807) is 0 Å². The van der Waals surface area contributed by atoms with Gasteiger partial charge in [-0.1, -0.05) is 96.3 Å². The van der Waals surface area contributed by atoms with Crippen LogP contribution in [0.4, 0.5) is 0 Å². The maximum Gasteiger partial charge on any atom is 0.216 e. The van der Waals surface area contributed by atoms with E-state index in [9.17, 15) is 10.2 Å². The minimum absolute atomic E-state index is 0.0556. The molecule has 8 nitrogen and oxygen atoms in total. The Labute approximate surface area is 249 Å². The van der Waals surface area contributed by atoms with Crippen molar-refractivity contribution in [2.45, 2.75) is 128 Å². The van der Waals surface area contributed by atoms with Gasteiger partial charge in [0.1, 0.15) is 12.6 Å². The van der Waals surface area contributed by atoms with Crippen molar-refractivity contribution < 1.29 is 29.5 Å². The average molecular weight is 581 g/mol. The van der Waals surface area contributed by atoms with E-state index >= 15 is 0 Å². The fourth-order valence-electron chi connectivity index (χ4n) is 4.44. The maximum absolute atomic E-state index is 9.96. The van der Waals surface area contributed by atoms with Crippen LogP contribution in [0.15, 0.2) is 35.3 Å². The molecule has 238 valence electrons. The van der Waals surface area contributed by atoms with Crippen molar-refractivity contribution in [1.29, 1.82) is 0 Å². The summed E-state index contributed by atoms with van der Waals surface area (Å²) < 4.78 is 16.6. The summed E-state index contributed by atoms with van der Waals surface area (Å²) in [5.74, 6) is 0.705. The van der Waals surface area contributed by atoms with Crippen LogP contribution in [0.1, 0.15) is 109 Å². The monoisotopic (exact) mass is 580 g/mol. The number of hydrogen-bond acceptors (Lipinski definition) is 8. The van der Waals surface area contributed by atoms with Gasteiger partial charge in [0.05, 0.1) is 38.1 Å². The molecule has 0 amide bonds. The Bertz CT molecular complexity index is 736. The van der Waals surface area contributed by atoms with Gasteiger partial charge in [0.25, 0.3) is 0 Å². The van der Waals surface area contributed by atoms with Crippen LogP contribution < -0.4 is 5.73 Å². The summed E-state index contributed by atoms with van der Waals surface area (Å²) in [7, 11) is 0. The molecule has 2 rings (SSSR count). The molecule has 0 unspecified atom stereocenters. The Morgan fingerprint density at radius 3 is 1.95 bits per heavy atom. The van der Waals surface area contributed by atoms with Crippen molar-refractivity contribution in [1.82, 2.24) is 0 Å². The van der Waals surface area contributed by atoms with Crippen molar-refractivity contribution in [2.24, 2.45) is 10.7 Å². The van der Waals surface area contributed by atoms with Crippen molar-refractivity contribution in [3.8, 4) is 0 Å². The Hall–Kier alpha value is -1.55. The summed E-state index contributed by atoms with van der Waals surface area (Å²) in [4.78, 5) is 4.56. The van der Waals surface area contributed by atoms with Crippen LogP contribution in [-0.2, 0) is 14.2 Å². The molecule has 0 radical (unpaired) electrons. The Morgan fingerprint density at radius 1 is 0.829 bits per heavy atom. The number of hydrogen-bond donors (Lipinski definition) is 4. The lowest BCUT2D eigenvalue weighted by Gasteiger charge is -2.12. The Kier molecular flexibility index (Phi) is 23.9. The normalized spacial score (nSPS) is 16.8. The van der Waals surface area contributed by atoms with Crippen LogP contribution in [0, 0.1) is 0 Å². The fraction of sp³-hybridized carbons (Fsp3) is 0.788. The van der Waals surface area contributed by atoms with Crippen LogP contribution >= 0.6 is 0 Å². The smallest absolute Gasteiger partial charge is 0.216 e. The number of unbranched alkanes of at least 4 members (excludes halogenated alkanes) is 8. The lowest BCUT2D eigenvalue weighted by molar-refractivity contribution is 0.0623. The predicted octanol–water partition coefficient (Wildman–Crippen LogP) is 5.39. The summed E-state index contributed by atoms with van der Waals surface area (Å²) in [6.45, 7) is 6.95. The van der Waals surface area contributed by atoms with Gasteiger partial charge in [0.2, 0.25) is 5.90 Å². The molecule has 0 bridgehead atoms. The van der Waals surface area contributed by atoms with Gasteiger partial charge in [-0.25, -0.2) is 4.99 Å². The zero-order valence-electron chi connectivity index (χ0n) is 25.9. The Balaban J connectivity index is 0.000000438. The van der Waals surface area contributed by atoms with Crippen molar-refractivity contribution in [3.05, 3.63) is 35.9 Å². The number of aliphatic imine (C=N–C) groups is 1. The highest BCUT2D eigenvalue weighted by molar-refractivity contribution is 5.95. The number of aliphatic hydroxyl groups excluding tert-OH is 3. The van der Waals surface area contributed by atoms with Crippen LogP contribution in [0.25, 0.3) is 0 Å². The number of rotatable bonds is 24. The summed E-state index contributed by atoms with van der Waals surface area (Å²) in [6.07, 6.45) is 14.9. The number of aliphatic hydroxyl groups is 3. The minimum Gasteiger partial charge on any atom is -0.475 e. The molecule has 0 aliphatic carbocycles. The highest BCUT2D eigenvalue weighted by atomic mass is 16.5. The molecule has 1 aliphatic heterocycles. The van der Waals surface area contributed by atoms with E-state index in [-0.39, 0.29) is 30.9 Å². The second kappa shape index (κ2) is 26.1. The summed E-state index contributed by atoms with van der Waals surface area (Å²) in [6, 6.07) is 9.70. The SMILES string of the molecule is CCCCCCC[C@@H](O)CCOC[C@H](N)CO.CCCCCCC[C@@H](O)CCOC[C@H]1COC(c2ccccc2)=N1. The van der Waals surface area contributed by atoms with Crippen LogP contribution in [0.2, 0.25) is 0 Å². The van der Waals surface area contributed by atoms with Crippen LogP contribution in [0.5, 0.6) is 0 Å². The molecule has 0 saturated carbocycles. The maximum atomic E-state index is 9.96. The second-order valence-corrected chi connectivity index (χ2v) is 11.1. The molecule has 0 fully saturated rings. The fourth-order valence-corrected chi connectivity index (χ4v) is 4.44. The standard InChI is InChI=1S/C20H31NO3.C13H29NO3/c1-2-3-4-5-9-12-19(22)13-14-23-15-18-16-24-20(21-18)17-10-7-6-8-11-17;1-2-3-4-5-6-7-13(16)8-9-17-11-12(14)10-15/h6-8,10-11,18-19,22H,2-5,9,12-16H2,1H3;12-13,15-16H,2-11,14H2,1H3/t18-,19+;12-,13-/m01/s1. The molecule has 0 saturated heterocycles. The van der Waals surface area contributed by atoms with Gasteiger partial charge in [-0.15, -0.1) is 0 Å². The highest BCUT2D eigenvalue weighted by Gasteiger charge is 2.20. The Morgan fingerprint density at radius 2 is 1.39 bits per heavy atom. The highest BCUT2D eigenvalue weighted by Crippen LogP contribution is 2.13. The molecule has 1 aliphatic rings. The first-order valence-corrected chi connectivity index (χ1v) is 16.1. The van der Waals surface area contributed by atoms with E-state index in [1.165, 1.54) is 51.4 Å². The minimum atomic E-state index is -0.304. The first kappa shape index (κ1) is 37.5. The number of benzene rings is 1. The summed E-state index contributed by atoms with van der Waals surface area (Å²) in [5, 5.41) is 28.3. The van der Waals surface area contributed by atoms with E-state index in [4.69, 9.17) is 25.1 Å². The zero-order valence-corrected chi connectivity index (χ0v) is 25.9. The molecule has 8 heteroatoms. The van der Waals surface area contributed by atoms with Crippen molar-refractivity contribution in [3.63, 3.8) is 0 Å². The van der Waals surface area contributed by atoms with Gasteiger partial charge in [-0.05, 0) is 37.8 Å². The molecule has 1 heterocycles. The van der Waals surface area contributed by atoms with E-state index < -0.39 is 0 Å². The quantitative estimate of drug-likeness (QED) is 0.121. The van der Waals surface area contributed by atoms with Crippen LogP contribution in [0.3, 0.4) is 0 Å². The lowest BCUT2D eigenvalue weighted by atomic mass is 10.1. The molecule has 5 N–H and O–H groups in total. The molecular weight excluding hydrogens is 520 g/mol. The van der Waals surface area contributed by atoms with Crippen molar-refractivity contribution >= 4 is 5.90 Å². The molecule has 1 aromatic rings. The first-order valence-electron chi connectivity index (χ1n) is 16.1. The molecule has 4 atom stereocenters. The molecule has 41 heavy (non-hydrogen) atoms. The van der Waals surface area contributed by atoms with Gasteiger partial charge < -0.3 is 35.3 Å². The molecule has 1 aromatic carbocycles. The third-order valence-corrected chi connectivity index (χ3v) is 7.08.